The number of para-hydroxylation sites is 1. The summed E-state index contributed by atoms with van der Waals surface area (Å²) >= 11 is 0. The maximum Gasteiger partial charge on any atom is 0.227 e. The molecule has 1 aliphatic rings. The third-order valence-corrected chi connectivity index (χ3v) is 4.73. The molecule has 5 nitrogen and oxygen atoms in total. The van der Waals surface area contributed by atoms with Crippen LogP contribution in [0.4, 0.5) is 0 Å². The van der Waals surface area contributed by atoms with Crippen LogP contribution in [0.3, 0.4) is 0 Å². The van der Waals surface area contributed by atoms with Crippen LogP contribution in [0.1, 0.15) is 39.2 Å². The Morgan fingerprint density at radius 1 is 1.20 bits per heavy atom. The zero-order chi connectivity index (χ0) is 18.0. The van der Waals surface area contributed by atoms with Crippen LogP contribution in [0.2, 0.25) is 0 Å². The van der Waals surface area contributed by atoms with Crippen molar-refractivity contribution in [3.8, 4) is 0 Å². The highest BCUT2D eigenvalue weighted by Gasteiger charge is 2.29. The summed E-state index contributed by atoms with van der Waals surface area (Å²) in [6.45, 7) is 7.28. The van der Waals surface area contributed by atoms with Crippen molar-refractivity contribution in [2.24, 2.45) is 5.92 Å². The van der Waals surface area contributed by atoms with Gasteiger partial charge in [-0.1, -0.05) is 18.2 Å². The summed E-state index contributed by atoms with van der Waals surface area (Å²) in [5.41, 5.74) is 1.88. The molecule has 5 heteroatoms. The Labute approximate surface area is 148 Å². The zero-order valence-corrected chi connectivity index (χ0v) is 15.3. The van der Waals surface area contributed by atoms with Gasteiger partial charge in [-0.25, -0.2) is 0 Å². The number of amides is 2. The van der Waals surface area contributed by atoms with Gasteiger partial charge in [0.15, 0.2) is 0 Å². The molecule has 0 spiro atoms. The highest BCUT2D eigenvalue weighted by molar-refractivity contribution is 5.89. The maximum atomic E-state index is 12.6. The molecule has 0 saturated carbocycles. The lowest BCUT2D eigenvalue weighted by molar-refractivity contribution is -0.135. The fourth-order valence-electron chi connectivity index (χ4n) is 3.42. The lowest BCUT2D eigenvalue weighted by atomic mass is 9.94. The highest BCUT2D eigenvalue weighted by Crippen LogP contribution is 2.22. The lowest BCUT2D eigenvalue weighted by Crippen LogP contribution is -2.48. The van der Waals surface area contributed by atoms with Gasteiger partial charge in [-0.3, -0.25) is 9.59 Å². The van der Waals surface area contributed by atoms with Gasteiger partial charge in [0, 0.05) is 41.6 Å². The number of aromatic amines is 1. The van der Waals surface area contributed by atoms with Crippen LogP contribution in [-0.4, -0.2) is 40.3 Å². The van der Waals surface area contributed by atoms with Crippen LogP contribution in [0, 0.1) is 5.92 Å². The van der Waals surface area contributed by atoms with Gasteiger partial charge in [0.2, 0.25) is 11.8 Å². The minimum atomic E-state index is -0.209. The fraction of sp³-hybridized carbons (Fsp3) is 0.500. The quantitative estimate of drug-likeness (QED) is 0.901. The van der Waals surface area contributed by atoms with E-state index in [1.54, 1.807) is 0 Å². The number of piperidine rings is 1. The first-order valence-corrected chi connectivity index (χ1v) is 8.98. The molecule has 2 heterocycles. The van der Waals surface area contributed by atoms with E-state index < -0.39 is 0 Å². The normalized spacial score (nSPS) is 16.2. The summed E-state index contributed by atoms with van der Waals surface area (Å²) in [5.74, 6) is 0.257. The number of H-pyrrole nitrogens is 1. The van der Waals surface area contributed by atoms with E-state index in [1.165, 1.54) is 0 Å². The highest BCUT2D eigenvalue weighted by atomic mass is 16.2. The molecule has 2 aromatic rings. The van der Waals surface area contributed by atoms with Gasteiger partial charge in [0.25, 0.3) is 0 Å². The van der Waals surface area contributed by atoms with E-state index in [4.69, 9.17) is 0 Å². The molecule has 1 aliphatic heterocycles. The fourth-order valence-corrected chi connectivity index (χ4v) is 3.42. The van der Waals surface area contributed by atoms with Crippen LogP contribution in [-0.2, 0) is 16.0 Å². The van der Waals surface area contributed by atoms with Gasteiger partial charge < -0.3 is 15.2 Å². The Balaban J connectivity index is 1.56. The Hall–Kier alpha value is -2.30. The average molecular weight is 341 g/mol. The molecular formula is C20H27N3O2. The van der Waals surface area contributed by atoms with Crippen molar-refractivity contribution in [2.75, 3.05) is 13.1 Å². The number of carbonyl (C=O) groups is 2. The molecule has 0 aliphatic carbocycles. The smallest absolute Gasteiger partial charge is 0.227 e. The third-order valence-electron chi connectivity index (χ3n) is 4.73. The summed E-state index contributed by atoms with van der Waals surface area (Å²) < 4.78 is 0. The second-order valence-corrected chi connectivity index (χ2v) is 7.93. The molecule has 1 aromatic carbocycles. The molecule has 3 rings (SSSR count). The number of likely N-dealkylation sites (tertiary alicyclic amines) is 1. The van der Waals surface area contributed by atoms with E-state index in [9.17, 15) is 9.59 Å². The molecule has 2 N–H and O–H groups in total. The van der Waals surface area contributed by atoms with Crippen molar-refractivity contribution in [1.82, 2.24) is 15.2 Å². The molecule has 25 heavy (non-hydrogen) atoms. The van der Waals surface area contributed by atoms with Crippen LogP contribution in [0.25, 0.3) is 10.9 Å². The molecule has 1 aromatic heterocycles. The number of carbonyl (C=O) groups excluding carboxylic acids is 2. The summed E-state index contributed by atoms with van der Waals surface area (Å²) in [6, 6.07) is 8.03. The first-order chi connectivity index (χ1) is 11.8. The number of nitrogens with zero attached hydrogens (tertiary/aromatic N) is 1. The molecule has 0 radical (unpaired) electrons. The number of benzene rings is 1. The van der Waals surface area contributed by atoms with Gasteiger partial charge >= 0.3 is 0 Å². The lowest BCUT2D eigenvalue weighted by Gasteiger charge is -2.33. The minimum Gasteiger partial charge on any atom is -0.361 e. The van der Waals surface area contributed by atoms with Crippen LogP contribution in [0.5, 0.6) is 0 Å². The average Bonchev–Trinajstić information content (AvgIpc) is 2.96. The predicted octanol–water partition coefficient (Wildman–Crippen LogP) is 2.86. The molecule has 134 valence electrons. The summed E-state index contributed by atoms with van der Waals surface area (Å²) in [5, 5.41) is 4.15. The molecule has 0 unspecified atom stereocenters. The monoisotopic (exact) mass is 341 g/mol. The van der Waals surface area contributed by atoms with Crippen LogP contribution in [0.15, 0.2) is 30.5 Å². The van der Waals surface area contributed by atoms with Gasteiger partial charge in [0.1, 0.15) is 0 Å². The predicted molar refractivity (Wildman–Crippen MR) is 99.2 cm³/mol. The second kappa shape index (κ2) is 6.90. The Morgan fingerprint density at radius 3 is 2.56 bits per heavy atom. The Kier molecular flexibility index (Phi) is 4.84. The standard InChI is InChI=1S/C20H27N3O2/c1-20(2,3)22-19(25)14-8-10-23(11-9-14)18(24)12-15-13-21-17-7-5-4-6-16(15)17/h4-7,13-14,21H,8-12H2,1-3H3,(H,22,25). The van der Waals surface area contributed by atoms with Crippen molar-refractivity contribution in [1.29, 1.82) is 0 Å². The summed E-state index contributed by atoms with van der Waals surface area (Å²) in [4.78, 5) is 30.0. The van der Waals surface area contributed by atoms with Crippen molar-refractivity contribution in [3.63, 3.8) is 0 Å². The number of fused-ring (bicyclic) bond motifs is 1. The number of hydrogen-bond donors (Lipinski definition) is 2. The second-order valence-electron chi connectivity index (χ2n) is 7.93. The number of nitrogens with one attached hydrogen (secondary N) is 2. The van der Waals surface area contributed by atoms with Crippen molar-refractivity contribution in [3.05, 3.63) is 36.0 Å². The maximum absolute atomic E-state index is 12.6. The van der Waals surface area contributed by atoms with Gasteiger partial charge in [-0.15, -0.1) is 0 Å². The van der Waals surface area contributed by atoms with E-state index in [1.807, 2.05) is 56.1 Å². The summed E-state index contributed by atoms with van der Waals surface area (Å²) in [7, 11) is 0. The first-order valence-electron chi connectivity index (χ1n) is 8.98. The first kappa shape index (κ1) is 17.5. The molecule has 1 fully saturated rings. The van der Waals surface area contributed by atoms with E-state index in [2.05, 4.69) is 10.3 Å². The molecule has 2 amide bonds. The molecule has 0 atom stereocenters. The largest absolute Gasteiger partial charge is 0.361 e. The van der Waals surface area contributed by atoms with Crippen molar-refractivity contribution < 1.29 is 9.59 Å². The number of aromatic nitrogens is 1. The van der Waals surface area contributed by atoms with E-state index in [0.29, 0.717) is 19.5 Å². The van der Waals surface area contributed by atoms with Gasteiger partial charge in [-0.2, -0.15) is 0 Å². The van der Waals surface area contributed by atoms with E-state index in [-0.39, 0.29) is 23.3 Å². The molecular weight excluding hydrogens is 314 g/mol. The topological polar surface area (TPSA) is 65.2 Å². The molecule has 1 saturated heterocycles. The third kappa shape index (κ3) is 4.21. The Morgan fingerprint density at radius 2 is 1.88 bits per heavy atom. The van der Waals surface area contributed by atoms with E-state index in [0.717, 1.165) is 29.3 Å². The van der Waals surface area contributed by atoms with Gasteiger partial charge in [-0.05, 0) is 45.2 Å². The van der Waals surface area contributed by atoms with Crippen molar-refractivity contribution >= 4 is 22.7 Å². The van der Waals surface area contributed by atoms with Gasteiger partial charge in [0.05, 0.1) is 6.42 Å². The van der Waals surface area contributed by atoms with Crippen molar-refractivity contribution in [2.45, 2.75) is 45.6 Å². The number of hydrogen-bond acceptors (Lipinski definition) is 2. The van der Waals surface area contributed by atoms with Crippen LogP contribution >= 0.6 is 0 Å². The van der Waals surface area contributed by atoms with Crippen LogP contribution < -0.4 is 5.32 Å². The molecule has 0 bridgehead atoms. The number of rotatable bonds is 3. The SMILES string of the molecule is CC(C)(C)NC(=O)C1CCN(C(=O)Cc2c[nH]c3ccccc23)CC1. The van der Waals surface area contributed by atoms with E-state index >= 15 is 0 Å². The zero-order valence-electron chi connectivity index (χ0n) is 15.3. The minimum absolute atomic E-state index is 0.0105. The summed E-state index contributed by atoms with van der Waals surface area (Å²) in [6.07, 6.45) is 3.80. The Bertz CT molecular complexity index is 765.